The van der Waals surface area contributed by atoms with Crippen molar-refractivity contribution in [2.24, 2.45) is 5.92 Å². The lowest BCUT2D eigenvalue weighted by atomic mass is 9.93. The highest BCUT2D eigenvalue weighted by Crippen LogP contribution is 2.30. The predicted molar refractivity (Wildman–Crippen MR) is 76.1 cm³/mol. The normalized spacial score (nSPS) is 33.5. The third kappa shape index (κ3) is 2.80. The van der Waals surface area contributed by atoms with Gasteiger partial charge in [-0.25, -0.2) is 0 Å². The second-order valence-corrected chi connectivity index (χ2v) is 6.76. The van der Waals surface area contributed by atoms with E-state index in [1.54, 1.807) is 0 Å². The fourth-order valence-corrected chi connectivity index (χ4v) is 4.06. The van der Waals surface area contributed by atoms with Gasteiger partial charge in [-0.3, -0.25) is 4.90 Å². The number of hydrogen-bond acceptors (Lipinski definition) is 6. The van der Waals surface area contributed by atoms with Crippen molar-refractivity contribution in [1.82, 2.24) is 20.4 Å². The molecule has 3 unspecified atom stereocenters. The Kier molecular flexibility index (Phi) is 4.10. The van der Waals surface area contributed by atoms with Crippen LogP contribution in [0.25, 0.3) is 0 Å². The molecule has 3 rings (SSSR count). The highest BCUT2D eigenvalue weighted by molar-refractivity contribution is 7.99. The molecule has 106 valence electrons. The predicted octanol–water partition coefficient (Wildman–Crippen LogP) is 1.85. The molecule has 0 amide bonds. The van der Waals surface area contributed by atoms with E-state index in [0.29, 0.717) is 12.0 Å². The molecule has 0 aromatic carbocycles. The molecule has 2 saturated heterocycles. The van der Waals surface area contributed by atoms with Crippen molar-refractivity contribution in [3.8, 4) is 0 Å². The zero-order chi connectivity index (χ0) is 13.2. The summed E-state index contributed by atoms with van der Waals surface area (Å²) in [5, 5.41) is 7.72. The maximum atomic E-state index is 5.52. The summed E-state index contributed by atoms with van der Waals surface area (Å²) >= 11 is 1.97. The Morgan fingerprint density at radius 1 is 1.47 bits per heavy atom. The molecule has 1 N–H and O–H groups in total. The van der Waals surface area contributed by atoms with Crippen LogP contribution in [0.2, 0.25) is 0 Å². The number of rotatable bonds is 2. The smallest absolute Gasteiger partial charge is 0.244 e. The van der Waals surface area contributed by atoms with Crippen LogP contribution in [0.4, 0.5) is 0 Å². The Hall–Kier alpha value is -0.590. The van der Waals surface area contributed by atoms with Crippen molar-refractivity contribution in [2.45, 2.75) is 31.8 Å². The number of hydrogen-bond donors (Lipinski definition) is 1. The van der Waals surface area contributed by atoms with Crippen LogP contribution in [0, 0.1) is 5.92 Å². The van der Waals surface area contributed by atoms with Gasteiger partial charge in [0.05, 0.1) is 12.1 Å². The first-order chi connectivity index (χ1) is 9.25. The molecule has 2 aliphatic rings. The van der Waals surface area contributed by atoms with E-state index < -0.39 is 0 Å². The summed E-state index contributed by atoms with van der Waals surface area (Å²) in [6.45, 7) is 4.40. The summed E-state index contributed by atoms with van der Waals surface area (Å²) in [6.07, 6.45) is 2.47. The molecule has 19 heavy (non-hydrogen) atoms. The fraction of sp³-hybridized carbons (Fsp3) is 0.846. The zero-order valence-electron chi connectivity index (χ0n) is 11.6. The molecular formula is C13H22N4OS. The van der Waals surface area contributed by atoms with Gasteiger partial charge in [0.2, 0.25) is 5.89 Å². The van der Waals surface area contributed by atoms with Crippen LogP contribution < -0.4 is 5.32 Å². The van der Waals surface area contributed by atoms with Crippen molar-refractivity contribution in [2.75, 3.05) is 31.6 Å². The van der Waals surface area contributed by atoms with Crippen molar-refractivity contribution in [3.05, 3.63) is 11.7 Å². The van der Waals surface area contributed by atoms with Gasteiger partial charge >= 0.3 is 0 Å². The molecule has 0 bridgehead atoms. The van der Waals surface area contributed by atoms with E-state index >= 15 is 0 Å². The van der Waals surface area contributed by atoms with Crippen molar-refractivity contribution in [3.63, 3.8) is 0 Å². The monoisotopic (exact) mass is 282 g/mol. The maximum Gasteiger partial charge on any atom is 0.244 e. The molecule has 1 aromatic rings. The summed E-state index contributed by atoms with van der Waals surface area (Å²) in [4.78, 5) is 6.99. The van der Waals surface area contributed by atoms with Crippen LogP contribution in [0.1, 0.15) is 43.6 Å². The minimum Gasteiger partial charge on any atom is -0.338 e. The topological polar surface area (TPSA) is 54.2 Å². The standard InChI is InChI=1S/C13H22N4OS/c1-9-4-3-5-14-11(9)13-15-12(16-18-13)10-8-19-7-6-17(10)2/h9-11,14H,3-8H2,1-2H3. The van der Waals surface area contributed by atoms with Crippen molar-refractivity contribution >= 4 is 11.8 Å². The van der Waals surface area contributed by atoms with Crippen molar-refractivity contribution < 1.29 is 4.52 Å². The van der Waals surface area contributed by atoms with Crippen LogP contribution in [0.3, 0.4) is 0 Å². The van der Waals surface area contributed by atoms with Crippen LogP contribution in [-0.4, -0.2) is 46.7 Å². The fourth-order valence-electron chi connectivity index (χ4n) is 2.85. The first-order valence-corrected chi connectivity index (χ1v) is 8.26. The van der Waals surface area contributed by atoms with Crippen LogP contribution >= 0.6 is 11.8 Å². The lowest BCUT2D eigenvalue weighted by molar-refractivity contribution is 0.234. The summed E-state index contributed by atoms with van der Waals surface area (Å²) in [6, 6.07) is 0.534. The van der Waals surface area contributed by atoms with Gasteiger partial charge in [0.1, 0.15) is 0 Å². The molecule has 5 nitrogen and oxygen atoms in total. The lowest BCUT2D eigenvalue weighted by Gasteiger charge is -2.29. The Balaban J connectivity index is 1.75. The highest BCUT2D eigenvalue weighted by Gasteiger charge is 2.30. The summed E-state index contributed by atoms with van der Waals surface area (Å²) in [7, 11) is 2.14. The Morgan fingerprint density at radius 2 is 2.37 bits per heavy atom. The first-order valence-electron chi connectivity index (χ1n) is 7.10. The van der Waals surface area contributed by atoms with Gasteiger partial charge in [-0.05, 0) is 32.4 Å². The van der Waals surface area contributed by atoms with Gasteiger partial charge in [0.15, 0.2) is 5.82 Å². The van der Waals surface area contributed by atoms with Crippen LogP contribution in [0.15, 0.2) is 4.52 Å². The first kappa shape index (κ1) is 13.4. The average Bonchev–Trinajstić information content (AvgIpc) is 2.89. The molecule has 0 aliphatic carbocycles. The Morgan fingerprint density at radius 3 is 3.16 bits per heavy atom. The Labute approximate surface area is 118 Å². The van der Waals surface area contributed by atoms with Crippen LogP contribution in [0.5, 0.6) is 0 Å². The number of piperidine rings is 1. The quantitative estimate of drug-likeness (QED) is 0.893. The molecule has 0 radical (unpaired) electrons. The van der Waals surface area contributed by atoms with Gasteiger partial charge < -0.3 is 9.84 Å². The minimum atomic E-state index is 0.233. The maximum absolute atomic E-state index is 5.52. The number of nitrogens with one attached hydrogen (secondary N) is 1. The van der Waals surface area contributed by atoms with Gasteiger partial charge in [0.25, 0.3) is 0 Å². The van der Waals surface area contributed by atoms with Gasteiger partial charge in [-0.2, -0.15) is 16.7 Å². The van der Waals surface area contributed by atoms with Gasteiger partial charge in [-0.15, -0.1) is 0 Å². The Bertz CT molecular complexity index is 388. The SMILES string of the molecule is CC1CCCNC1c1nc(C2CSCCN2C)no1. The van der Waals surface area contributed by atoms with E-state index in [9.17, 15) is 0 Å². The van der Waals surface area contributed by atoms with Crippen LogP contribution in [-0.2, 0) is 0 Å². The molecule has 6 heteroatoms. The number of nitrogens with zero attached hydrogens (tertiary/aromatic N) is 3. The van der Waals surface area contributed by atoms with E-state index in [-0.39, 0.29) is 6.04 Å². The third-order valence-electron chi connectivity index (χ3n) is 4.19. The molecule has 3 atom stereocenters. The van der Waals surface area contributed by atoms with Gasteiger partial charge in [0, 0.05) is 18.1 Å². The average molecular weight is 282 g/mol. The van der Waals surface area contributed by atoms with E-state index in [2.05, 4.69) is 34.3 Å². The summed E-state index contributed by atoms with van der Waals surface area (Å²) in [5.41, 5.74) is 0. The minimum absolute atomic E-state index is 0.233. The molecule has 0 spiro atoms. The van der Waals surface area contributed by atoms with E-state index in [1.807, 2.05) is 11.8 Å². The zero-order valence-corrected chi connectivity index (χ0v) is 12.4. The molecule has 3 heterocycles. The molecule has 1 aromatic heterocycles. The van der Waals surface area contributed by atoms with Crippen molar-refractivity contribution in [1.29, 1.82) is 0 Å². The second kappa shape index (κ2) is 5.81. The number of thioether (sulfide) groups is 1. The van der Waals surface area contributed by atoms with E-state index in [0.717, 1.165) is 30.6 Å². The largest absolute Gasteiger partial charge is 0.338 e. The van der Waals surface area contributed by atoms with E-state index in [4.69, 9.17) is 4.52 Å². The summed E-state index contributed by atoms with van der Waals surface area (Å²) < 4.78 is 5.52. The molecule has 0 saturated carbocycles. The lowest BCUT2D eigenvalue weighted by Crippen LogP contribution is -2.34. The molecular weight excluding hydrogens is 260 g/mol. The van der Waals surface area contributed by atoms with Gasteiger partial charge in [-0.1, -0.05) is 12.1 Å². The molecule has 2 aliphatic heterocycles. The highest BCUT2D eigenvalue weighted by atomic mass is 32.2. The third-order valence-corrected chi connectivity index (χ3v) is 5.21. The van der Waals surface area contributed by atoms with E-state index in [1.165, 1.54) is 18.6 Å². The summed E-state index contributed by atoms with van der Waals surface area (Å²) in [5.74, 6) is 4.44. The second-order valence-electron chi connectivity index (χ2n) is 5.61. The number of aromatic nitrogens is 2. The molecule has 2 fully saturated rings.